The van der Waals surface area contributed by atoms with Crippen LogP contribution in [0.2, 0.25) is 0 Å². The topological polar surface area (TPSA) is 49.8 Å². The lowest BCUT2D eigenvalue weighted by atomic mass is 10.1. The van der Waals surface area contributed by atoms with Crippen molar-refractivity contribution in [2.75, 3.05) is 26.8 Å². The molecular formula is C14H19NO3. The van der Waals surface area contributed by atoms with Gasteiger partial charge in [-0.3, -0.25) is 4.79 Å². The van der Waals surface area contributed by atoms with Gasteiger partial charge in [0.15, 0.2) is 0 Å². The van der Waals surface area contributed by atoms with Gasteiger partial charge in [-0.1, -0.05) is 17.7 Å². The lowest BCUT2D eigenvalue weighted by Gasteiger charge is -2.21. The van der Waals surface area contributed by atoms with Gasteiger partial charge in [-0.15, -0.1) is 6.58 Å². The molecule has 0 fully saturated rings. The van der Waals surface area contributed by atoms with Gasteiger partial charge < -0.3 is 14.7 Å². The summed E-state index contributed by atoms with van der Waals surface area (Å²) in [4.78, 5) is 13.9. The first-order chi connectivity index (χ1) is 8.63. The molecule has 0 aromatic heterocycles. The molecule has 1 aromatic rings. The number of carbonyl (C=O) groups is 1. The number of amides is 1. The van der Waals surface area contributed by atoms with Gasteiger partial charge in [-0.05, 0) is 19.1 Å². The number of benzene rings is 1. The molecule has 0 aliphatic rings. The molecule has 0 radical (unpaired) electrons. The van der Waals surface area contributed by atoms with Crippen LogP contribution in [0.25, 0.3) is 0 Å². The lowest BCUT2D eigenvalue weighted by molar-refractivity contribution is 0.0739. The zero-order valence-corrected chi connectivity index (χ0v) is 10.8. The Bertz CT molecular complexity index is 429. The number of aliphatic hydroxyl groups excluding tert-OH is 1. The number of carbonyl (C=O) groups excluding carboxylic acids is 1. The molecule has 0 atom stereocenters. The van der Waals surface area contributed by atoms with E-state index in [0.29, 0.717) is 17.9 Å². The standard InChI is InChI=1S/C14H19NO3/c1-4-7-15(8-9-16)14(17)12-10-11(2)5-6-13(12)18-3/h4-6,10,16H,1,7-9H2,2-3H3. The summed E-state index contributed by atoms with van der Waals surface area (Å²) in [6.45, 7) is 6.13. The number of hydrogen-bond acceptors (Lipinski definition) is 3. The minimum atomic E-state index is -0.162. The average Bonchev–Trinajstić information content (AvgIpc) is 2.37. The molecule has 98 valence electrons. The predicted octanol–water partition coefficient (Wildman–Crippen LogP) is 1.62. The van der Waals surface area contributed by atoms with Crippen molar-refractivity contribution in [3.63, 3.8) is 0 Å². The van der Waals surface area contributed by atoms with E-state index in [-0.39, 0.29) is 19.1 Å². The van der Waals surface area contributed by atoms with Gasteiger partial charge in [-0.25, -0.2) is 0 Å². The normalized spacial score (nSPS) is 9.94. The van der Waals surface area contributed by atoms with E-state index < -0.39 is 0 Å². The fourth-order valence-corrected chi connectivity index (χ4v) is 1.71. The van der Waals surface area contributed by atoms with Gasteiger partial charge in [0.2, 0.25) is 0 Å². The SMILES string of the molecule is C=CCN(CCO)C(=O)c1cc(C)ccc1OC. The fourth-order valence-electron chi connectivity index (χ4n) is 1.71. The van der Waals surface area contributed by atoms with E-state index in [1.807, 2.05) is 13.0 Å². The first-order valence-electron chi connectivity index (χ1n) is 5.79. The number of ether oxygens (including phenoxy) is 1. The van der Waals surface area contributed by atoms with Crippen LogP contribution in [0.1, 0.15) is 15.9 Å². The van der Waals surface area contributed by atoms with Crippen LogP contribution in [0.5, 0.6) is 5.75 Å². The predicted molar refractivity (Wildman–Crippen MR) is 70.9 cm³/mol. The van der Waals surface area contributed by atoms with Crippen molar-refractivity contribution < 1.29 is 14.6 Å². The molecule has 0 aliphatic carbocycles. The maximum absolute atomic E-state index is 12.3. The van der Waals surface area contributed by atoms with Gasteiger partial charge in [0.1, 0.15) is 5.75 Å². The summed E-state index contributed by atoms with van der Waals surface area (Å²) < 4.78 is 5.19. The van der Waals surface area contributed by atoms with Crippen molar-refractivity contribution in [3.05, 3.63) is 42.0 Å². The first-order valence-corrected chi connectivity index (χ1v) is 5.79. The molecule has 1 amide bonds. The quantitative estimate of drug-likeness (QED) is 0.779. The Balaban J connectivity index is 3.06. The molecule has 1 aromatic carbocycles. The number of methoxy groups -OCH3 is 1. The molecule has 18 heavy (non-hydrogen) atoms. The highest BCUT2D eigenvalue weighted by molar-refractivity contribution is 5.97. The van der Waals surface area contributed by atoms with Gasteiger partial charge in [0.25, 0.3) is 5.91 Å². The Morgan fingerprint density at radius 3 is 2.83 bits per heavy atom. The van der Waals surface area contributed by atoms with Crippen LogP contribution >= 0.6 is 0 Å². The summed E-state index contributed by atoms with van der Waals surface area (Å²) >= 11 is 0. The first kappa shape index (κ1) is 14.3. The molecule has 0 heterocycles. The van der Waals surface area contributed by atoms with E-state index in [4.69, 9.17) is 9.84 Å². The highest BCUT2D eigenvalue weighted by Gasteiger charge is 2.18. The Morgan fingerprint density at radius 1 is 1.56 bits per heavy atom. The second-order valence-corrected chi connectivity index (χ2v) is 3.97. The number of hydrogen-bond donors (Lipinski definition) is 1. The third kappa shape index (κ3) is 3.34. The van der Waals surface area contributed by atoms with Crippen molar-refractivity contribution in [1.82, 2.24) is 4.90 Å². The van der Waals surface area contributed by atoms with Crippen molar-refractivity contribution >= 4 is 5.91 Å². The minimum Gasteiger partial charge on any atom is -0.496 e. The lowest BCUT2D eigenvalue weighted by Crippen LogP contribution is -2.34. The van der Waals surface area contributed by atoms with E-state index in [9.17, 15) is 4.79 Å². The summed E-state index contributed by atoms with van der Waals surface area (Å²) in [5, 5.41) is 8.98. The van der Waals surface area contributed by atoms with E-state index in [0.717, 1.165) is 5.56 Å². The van der Waals surface area contributed by atoms with Gasteiger partial charge in [-0.2, -0.15) is 0 Å². The fraction of sp³-hybridized carbons (Fsp3) is 0.357. The van der Waals surface area contributed by atoms with Crippen LogP contribution in [0.15, 0.2) is 30.9 Å². The van der Waals surface area contributed by atoms with Crippen LogP contribution in [-0.4, -0.2) is 42.7 Å². The maximum atomic E-state index is 12.3. The second-order valence-electron chi connectivity index (χ2n) is 3.97. The number of rotatable bonds is 6. The summed E-state index contributed by atoms with van der Waals surface area (Å²) in [6.07, 6.45) is 1.63. The van der Waals surface area contributed by atoms with Crippen molar-refractivity contribution in [2.24, 2.45) is 0 Å². The largest absolute Gasteiger partial charge is 0.496 e. The molecule has 4 nitrogen and oxygen atoms in total. The van der Waals surface area contributed by atoms with Crippen LogP contribution in [0.4, 0.5) is 0 Å². The van der Waals surface area contributed by atoms with E-state index in [2.05, 4.69) is 6.58 Å². The monoisotopic (exact) mass is 249 g/mol. The third-order valence-electron chi connectivity index (χ3n) is 2.59. The third-order valence-corrected chi connectivity index (χ3v) is 2.59. The summed E-state index contributed by atoms with van der Waals surface area (Å²) in [7, 11) is 1.53. The van der Waals surface area contributed by atoms with Gasteiger partial charge in [0, 0.05) is 13.1 Å². The smallest absolute Gasteiger partial charge is 0.257 e. The highest BCUT2D eigenvalue weighted by Crippen LogP contribution is 2.21. The minimum absolute atomic E-state index is 0.0757. The molecule has 0 unspecified atom stereocenters. The molecule has 0 saturated carbocycles. The average molecular weight is 249 g/mol. The van der Waals surface area contributed by atoms with Crippen molar-refractivity contribution in [1.29, 1.82) is 0 Å². The molecule has 0 bridgehead atoms. The van der Waals surface area contributed by atoms with Crippen molar-refractivity contribution in [3.8, 4) is 5.75 Å². The molecule has 1 rings (SSSR count). The molecule has 4 heteroatoms. The summed E-state index contributed by atoms with van der Waals surface area (Å²) in [5.41, 5.74) is 1.49. The number of aryl methyl sites for hydroxylation is 1. The molecular weight excluding hydrogens is 230 g/mol. The van der Waals surface area contributed by atoms with E-state index in [1.165, 1.54) is 12.0 Å². The molecule has 0 aliphatic heterocycles. The zero-order valence-electron chi connectivity index (χ0n) is 10.8. The Hall–Kier alpha value is -1.81. The van der Waals surface area contributed by atoms with Crippen LogP contribution in [0.3, 0.4) is 0 Å². The molecule has 0 spiro atoms. The van der Waals surface area contributed by atoms with E-state index >= 15 is 0 Å². The highest BCUT2D eigenvalue weighted by atomic mass is 16.5. The Morgan fingerprint density at radius 2 is 2.28 bits per heavy atom. The van der Waals surface area contributed by atoms with Crippen LogP contribution in [-0.2, 0) is 0 Å². The van der Waals surface area contributed by atoms with Gasteiger partial charge in [0.05, 0.1) is 19.3 Å². The second kappa shape index (κ2) is 6.81. The molecule has 0 saturated heterocycles. The Labute approximate surface area is 107 Å². The van der Waals surface area contributed by atoms with Gasteiger partial charge >= 0.3 is 0 Å². The van der Waals surface area contributed by atoms with Crippen LogP contribution < -0.4 is 4.74 Å². The number of nitrogens with zero attached hydrogens (tertiary/aromatic N) is 1. The van der Waals surface area contributed by atoms with Crippen molar-refractivity contribution in [2.45, 2.75) is 6.92 Å². The summed E-state index contributed by atoms with van der Waals surface area (Å²) in [5.74, 6) is 0.377. The Kier molecular flexibility index (Phi) is 5.39. The summed E-state index contributed by atoms with van der Waals surface area (Å²) in [6, 6.07) is 5.45. The number of aliphatic hydroxyl groups is 1. The maximum Gasteiger partial charge on any atom is 0.257 e. The molecule has 1 N–H and O–H groups in total. The van der Waals surface area contributed by atoms with Crippen LogP contribution in [0, 0.1) is 6.92 Å². The zero-order chi connectivity index (χ0) is 13.5. The van der Waals surface area contributed by atoms with E-state index in [1.54, 1.807) is 18.2 Å².